The summed E-state index contributed by atoms with van der Waals surface area (Å²) in [7, 11) is 5.79. The summed E-state index contributed by atoms with van der Waals surface area (Å²) in [6.07, 6.45) is 1.99. The molecule has 1 fully saturated rings. The van der Waals surface area contributed by atoms with Crippen LogP contribution in [0.4, 0.5) is 11.5 Å². The summed E-state index contributed by atoms with van der Waals surface area (Å²) < 4.78 is 11.7. The van der Waals surface area contributed by atoms with Crippen LogP contribution in [0, 0.1) is 0 Å². The number of nitrogens with zero attached hydrogens (tertiary/aromatic N) is 4. The Kier molecular flexibility index (Phi) is 8.70. The van der Waals surface area contributed by atoms with Crippen LogP contribution in [0.1, 0.15) is 28.8 Å². The van der Waals surface area contributed by atoms with Gasteiger partial charge >= 0.3 is 0 Å². The van der Waals surface area contributed by atoms with Crippen LogP contribution in [0.2, 0.25) is 0 Å². The van der Waals surface area contributed by atoms with E-state index >= 15 is 0 Å². The molecule has 8 heteroatoms. The fourth-order valence-electron chi connectivity index (χ4n) is 5.43. The second-order valence-corrected chi connectivity index (χ2v) is 11.3. The second-order valence-electron chi connectivity index (χ2n) is 11.3. The van der Waals surface area contributed by atoms with Crippen LogP contribution in [-0.4, -0.2) is 61.2 Å². The predicted octanol–water partition coefficient (Wildman–Crippen LogP) is 6.67. The largest absolute Gasteiger partial charge is 0.497 e. The van der Waals surface area contributed by atoms with E-state index in [4.69, 9.17) is 19.4 Å². The van der Waals surface area contributed by atoms with Crippen molar-refractivity contribution in [2.75, 3.05) is 44.5 Å². The van der Waals surface area contributed by atoms with E-state index in [2.05, 4.69) is 34.3 Å². The highest BCUT2D eigenvalue weighted by Crippen LogP contribution is 2.31. The summed E-state index contributed by atoms with van der Waals surface area (Å²) in [6, 6.07) is 31.3. The number of hydrogen-bond donors (Lipinski definition) is 1. The SMILES string of the molecule is COc1ccc(-c2ccc(C(=O)Nc3ccc4nc(OC5CCN(C)CC5)c(N(C)Cc5ccccc5)nc4c3)cc2)cc1. The topological polar surface area (TPSA) is 79.8 Å². The lowest BCUT2D eigenvalue weighted by molar-refractivity contribution is 0.102. The number of aromatic nitrogens is 2. The number of amides is 1. The third-order valence-corrected chi connectivity index (χ3v) is 8.01. The van der Waals surface area contributed by atoms with E-state index < -0.39 is 0 Å². The molecule has 0 spiro atoms. The minimum Gasteiger partial charge on any atom is -0.497 e. The van der Waals surface area contributed by atoms with Crippen molar-refractivity contribution in [1.29, 1.82) is 0 Å². The molecule has 1 aliphatic heterocycles. The monoisotopic (exact) mass is 587 g/mol. The highest BCUT2D eigenvalue weighted by molar-refractivity contribution is 6.05. The lowest BCUT2D eigenvalue weighted by Crippen LogP contribution is -2.36. The number of hydrogen-bond acceptors (Lipinski definition) is 7. The zero-order valence-corrected chi connectivity index (χ0v) is 25.4. The number of piperidine rings is 1. The fourth-order valence-corrected chi connectivity index (χ4v) is 5.43. The smallest absolute Gasteiger partial charge is 0.258 e. The van der Waals surface area contributed by atoms with Gasteiger partial charge in [-0.05, 0) is 79.0 Å². The molecule has 0 bridgehead atoms. The standard InChI is InChI=1S/C36H37N5O3/c1-40-21-19-31(20-22-40)44-36-34(41(2)24-25-7-5-4-6-8-25)38-33-23-29(15-18-32(33)39-36)37-35(42)28-11-9-26(10-12-28)27-13-16-30(43-3)17-14-27/h4-18,23,31H,19-22,24H2,1-3H3,(H,37,42). The average molecular weight is 588 g/mol. The van der Waals surface area contributed by atoms with Crippen LogP contribution in [-0.2, 0) is 6.54 Å². The molecule has 8 nitrogen and oxygen atoms in total. The highest BCUT2D eigenvalue weighted by Gasteiger charge is 2.23. The number of benzene rings is 4. The molecule has 0 unspecified atom stereocenters. The number of carbonyl (C=O) groups excluding carboxylic acids is 1. The molecule has 1 aromatic heterocycles. The molecule has 1 saturated heterocycles. The molecule has 0 saturated carbocycles. The Morgan fingerprint density at radius 2 is 1.57 bits per heavy atom. The van der Waals surface area contributed by atoms with Gasteiger partial charge in [-0.3, -0.25) is 4.79 Å². The number of rotatable bonds is 9. The van der Waals surface area contributed by atoms with Crippen molar-refractivity contribution >= 4 is 28.4 Å². The quantitative estimate of drug-likeness (QED) is 0.206. The normalized spacial score (nSPS) is 13.9. The van der Waals surface area contributed by atoms with E-state index in [-0.39, 0.29) is 12.0 Å². The van der Waals surface area contributed by atoms with Crippen molar-refractivity contribution in [3.8, 4) is 22.8 Å². The van der Waals surface area contributed by atoms with E-state index in [0.29, 0.717) is 40.5 Å². The van der Waals surface area contributed by atoms with Crippen LogP contribution < -0.4 is 19.7 Å². The van der Waals surface area contributed by atoms with Crippen LogP contribution in [0.5, 0.6) is 11.6 Å². The average Bonchev–Trinajstić information content (AvgIpc) is 3.06. The summed E-state index contributed by atoms with van der Waals surface area (Å²) in [4.78, 5) is 27.5. The number of carbonyl (C=O) groups is 1. The Morgan fingerprint density at radius 1 is 0.886 bits per heavy atom. The summed E-state index contributed by atoms with van der Waals surface area (Å²) in [5.74, 6) is 1.83. The highest BCUT2D eigenvalue weighted by atomic mass is 16.5. The van der Waals surface area contributed by atoms with Gasteiger partial charge in [0, 0.05) is 37.9 Å². The second kappa shape index (κ2) is 13.1. The molecule has 0 aliphatic carbocycles. The molecular weight excluding hydrogens is 550 g/mol. The van der Waals surface area contributed by atoms with Crippen molar-refractivity contribution in [2.24, 2.45) is 0 Å². The fraction of sp³-hybridized carbons (Fsp3) is 0.250. The molecule has 0 atom stereocenters. The van der Waals surface area contributed by atoms with Crippen LogP contribution in [0.25, 0.3) is 22.2 Å². The number of nitrogens with one attached hydrogen (secondary N) is 1. The van der Waals surface area contributed by atoms with Gasteiger partial charge in [-0.1, -0.05) is 54.6 Å². The van der Waals surface area contributed by atoms with Gasteiger partial charge in [0.15, 0.2) is 5.82 Å². The first-order valence-corrected chi connectivity index (χ1v) is 14.9. The van der Waals surface area contributed by atoms with Crippen molar-refractivity contribution < 1.29 is 14.3 Å². The van der Waals surface area contributed by atoms with Gasteiger partial charge in [-0.25, -0.2) is 9.97 Å². The van der Waals surface area contributed by atoms with E-state index in [9.17, 15) is 4.79 Å². The van der Waals surface area contributed by atoms with Gasteiger partial charge in [-0.15, -0.1) is 0 Å². The number of methoxy groups -OCH3 is 1. The Balaban J connectivity index is 1.23. The van der Waals surface area contributed by atoms with Crippen molar-refractivity contribution in [2.45, 2.75) is 25.5 Å². The predicted molar refractivity (Wildman–Crippen MR) is 176 cm³/mol. The molecular formula is C36H37N5O3. The first-order chi connectivity index (χ1) is 21.4. The van der Waals surface area contributed by atoms with Crippen molar-refractivity contribution in [3.63, 3.8) is 0 Å². The molecule has 2 heterocycles. The van der Waals surface area contributed by atoms with Crippen molar-refractivity contribution in [3.05, 3.63) is 108 Å². The maximum absolute atomic E-state index is 13.2. The number of likely N-dealkylation sites (tertiary alicyclic amines) is 1. The van der Waals surface area contributed by atoms with E-state index in [1.165, 1.54) is 5.56 Å². The molecule has 1 N–H and O–H groups in total. The molecule has 4 aromatic carbocycles. The summed E-state index contributed by atoms with van der Waals surface area (Å²) >= 11 is 0. The van der Waals surface area contributed by atoms with E-state index in [0.717, 1.165) is 42.8 Å². The number of ether oxygens (including phenoxy) is 2. The molecule has 6 rings (SSSR count). The van der Waals surface area contributed by atoms with Crippen LogP contribution >= 0.6 is 0 Å². The minimum absolute atomic E-state index is 0.0940. The molecule has 5 aromatic rings. The summed E-state index contributed by atoms with van der Waals surface area (Å²) in [5.41, 5.74) is 5.86. The zero-order chi connectivity index (χ0) is 30.5. The lowest BCUT2D eigenvalue weighted by atomic mass is 10.0. The first-order valence-electron chi connectivity index (χ1n) is 14.9. The van der Waals surface area contributed by atoms with Gasteiger partial charge in [0.1, 0.15) is 11.9 Å². The summed E-state index contributed by atoms with van der Waals surface area (Å²) in [6.45, 7) is 2.65. The maximum atomic E-state index is 13.2. The van der Waals surface area contributed by atoms with Gasteiger partial charge < -0.3 is 24.6 Å². The third-order valence-electron chi connectivity index (χ3n) is 8.01. The number of anilines is 2. The third kappa shape index (κ3) is 6.82. The van der Waals surface area contributed by atoms with Crippen LogP contribution in [0.15, 0.2) is 97.1 Å². The van der Waals surface area contributed by atoms with E-state index in [1.807, 2.05) is 92.0 Å². The van der Waals surface area contributed by atoms with Gasteiger partial charge in [0.25, 0.3) is 11.8 Å². The molecule has 224 valence electrons. The number of fused-ring (bicyclic) bond motifs is 1. The van der Waals surface area contributed by atoms with Gasteiger partial charge in [-0.2, -0.15) is 0 Å². The van der Waals surface area contributed by atoms with Crippen LogP contribution in [0.3, 0.4) is 0 Å². The Hall–Kier alpha value is -4.95. The Labute approximate surface area is 258 Å². The van der Waals surface area contributed by atoms with Crippen molar-refractivity contribution in [1.82, 2.24) is 14.9 Å². The zero-order valence-electron chi connectivity index (χ0n) is 25.4. The summed E-state index contributed by atoms with van der Waals surface area (Å²) in [5, 5.41) is 3.02. The Morgan fingerprint density at radius 3 is 2.25 bits per heavy atom. The maximum Gasteiger partial charge on any atom is 0.258 e. The first kappa shape index (κ1) is 29.1. The molecule has 0 radical (unpaired) electrons. The minimum atomic E-state index is -0.192. The molecule has 44 heavy (non-hydrogen) atoms. The molecule has 1 amide bonds. The lowest BCUT2D eigenvalue weighted by Gasteiger charge is -2.30. The van der Waals surface area contributed by atoms with E-state index in [1.54, 1.807) is 7.11 Å². The van der Waals surface area contributed by atoms with Gasteiger partial charge in [0.2, 0.25) is 0 Å². The molecule has 1 aliphatic rings. The Bertz CT molecular complexity index is 1720. The van der Waals surface area contributed by atoms with Gasteiger partial charge in [0.05, 0.1) is 18.1 Å².